The molecule has 0 aliphatic carbocycles. The molecule has 0 fully saturated rings. The molecule has 0 saturated heterocycles. The third-order valence-corrected chi connectivity index (χ3v) is 2.04. The molecule has 0 radical (unpaired) electrons. The molecule has 0 bridgehead atoms. The summed E-state index contributed by atoms with van der Waals surface area (Å²) in [5, 5.41) is 10.6. The van der Waals surface area contributed by atoms with Crippen molar-refractivity contribution < 1.29 is 9.66 Å². The maximum Gasteiger partial charge on any atom is 0.275 e. The molecule has 1 aromatic carbocycles. The lowest BCUT2D eigenvalue weighted by molar-refractivity contribution is -0.384. The number of nitrogen functional groups attached to an aromatic ring is 1. The molecule has 0 aliphatic rings. The van der Waals surface area contributed by atoms with Crippen molar-refractivity contribution in [3.05, 3.63) is 28.3 Å². The number of hydrogen-bond acceptors (Lipinski definition) is 4. The second-order valence-corrected chi connectivity index (χ2v) is 3.35. The van der Waals surface area contributed by atoms with Crippen molar-refractivity contribution in [3.8, 4) is 5.75 Å². The number of anilines is 1. The number of nitrogens with zero attached hydrogens (tertiary/aromatic N) is 1. The van der Waals surface area contributed by atoms with Crippen LogP contribution in [0.4, 0.5) is 11.4 Å². The van der Waals surface area contributed by atoms with Crippen molar-refractivity contribution in [2.24, 2.45) is 0 Å². The number of nitro benzene ring substituents is 1. The maximum atomic E-state index is 10.6. The van der Waals surface area contributed by atoms with Gasteiger partial charge in [0.25, 0.3) is 5.69 Å². The van der Waals surface area contributed by atoms with Crippen LogP contribution < -0.4 is 10.5 Å². The fraction of sp³-hybridized carbons (Fsp3) is 0.400. The largest absolute Gasteiger partial charge is 0.490 e. The molecule has 2 N–H and O–H groups in total. The lowest BCUT2D eigenvalue weighted by Gasteiger charge is -2.12. The first-order valence-corrected chi connectivity index (χ1v) is 4.74. The smallest absolute Gasteiger partial charge is 0.275 e. The number of hydrogen-bond donors (Lipinski definition) is 1. The minimum absolute atomic E-state index is 0.0198. The SMILES string of the molecule is CCC(C)Oc1cc(N)cc([N+](=O)[O-])c1. The van der Waals surface area contributed by atoms with Crippen LogP contribution in [-0.2, 0) is 0 Å². The van der Waals surface area contributed by atoms with Crippen molar-refractivity contribution in [1.82, 2.24) is 0 Å². The number of nitrogens with two attached hydrogens (primary N) is 1. The third-order valence-electron chi connectivity index (χ3n) is 2.04. The van der Waals surface area contributed by atoms with Gasteiger partial charge >= 0.3 is 0 Å². The average Bonchev–Trinajstić information content (AvgIpc) is 2.16. The topological polar surface area (TPSA) is 78.4 Å². The van der Waals surface area contributed by atoms with E-state index in [0.717, 1.165) is 6.42 Å². The van der Waals surface area contributed by atoms with Gasteiger partial charge in [-0.25, -0.2) is 0 Å². The highest BCUT2D eigenvalue weighted by molar-refractivity contribution is 5.53. The van der Waals surface area contributed by atoms with Gasteiger partial charge in [0, 0.05) is 17.8 Å². The molecule has 0 heterocycles. The monoisotopic (exact) mass is 210 g/mol. The Bertz CT molecular complexity index is 366. The maximum absolute atomic E-state index is 10.6. The Kier molecular flexibility index (Phi) is 3.49. The molecule has 0 aliphatic heterocycles. The number of rotatable bonds is 4. The van der Waals surface area contributed by atoms with E-state index >= 15 is 0 Å². The molecular formula is C10H14N2O3. The van der Waals surface area contributed by atoms with Gasteiger partial charge in [0.05, 0.1) is 17.1 Å². The Hall–Kier alpha value is -1.78. The van der Waals surface area contributed by atoms with E-state index in [4.69, 9.17) is 10.5 Å². The fourth-order valence-electron chi connectivity index (χ4n) is 1.09. The van der Waals surface area contributed by atoms with E-state index in [1.165, 1.54) is 12.1 Å². The van der Waals surface area contributed by atoms with Crippen LogP contribution in [0.2, 0.25) is 0 Å². The minimum atomic E-state index is -0.486. The lowest BCUT2D eigenvalue weighted by atomic mass is 10.2. The molecule has 1 aromatic rings. The summed E-state index contributed by atoms with van der Waals surface area (Å²) in [5.41, 5.74) is 5.82. The van der Waals surface area contributed by atoms with Gasteiger partial charge in [-0.2, -0.15) is 0 Å². The van der Waals surface area contributed by atoms with Crippen LogP contribution in [0.15, 0.2) is 18.2 Å². The highest BCUT2D eigenvalue weighted by atomic mass is 16.6. The molecule has 15 heavy (non-hydrogen) atoms. The molecule has 1 unspecified atom stereocenters. The molecule has 0 saturated carbocycles. The van der Waals surface area contributed by atoms with Crippen LogP contribution in [0.5, 0.6) is 5.75 Å². The Morgan fingerprint density at radius 3 is 2.73 bits per heavy atom. The summed E-state index contributed by atoms with van der Waals surface area (Å²) in [4.78, 5) is 10.1. The van der Waals surface area contributed by atoms with Gasteiger partial charge in [0.15, 0.2) is 0 Å². The third kappa shape index (κ3) is 3.12. The van der Waals surface area contributed by atoms with E-state index in [9.17, 15) is 10.1 Å². The van der Waals surface area contributed by atoms with Gasteiger partial charge < -0.3 is 10.5 Å². The van der Waals surface area contributed by atoms with E-state index in [1.807, 2.05) is 13.8 Å². The fourth-order valence-corrected chi connectivity index (χ4v) is 1.09. The van der Waals surface area contributed by atoms with E-state index in [0.29, 0.717) is 11.4 Å². The van der Waals surface area contributed by atoms with Gasteiger partial charge in [0.2, 0.25) is 0 Å². The van der Waals surface area contributed by atoms with Gasteiger partial charge in [-0.15, -0.1) is 0 Å². The van der Waals surface area contributed by atoms with Gasteiger partial charge in [-0.05, 0) is 13.3 Å². The summed E-state index contributed by atoms with van der Waals surface area (Å²) < 4.78 is 5.45. The molecular weight excluding hydrogens is 196 g/mol. The molecule has 5 nitrogen and oxygen atoms in total. The molecule has 1 rings (SSSR count). The Morgan fingerprint density at radius 2 is 2.20 bits per heavy atom. The minimum Gasteiger partial charge on any atom is -0.490 e. The van der Waals surface area contributed by atoms with Gasteiger partial charge in [-0.1, -0.05) is 6.92 Å². The van der Waals surface area contributed by atoms with Crippen molar-refractivity contribution >= 4 is 11.4 Å². The predicted molar refractivity (Wildman–Crippen MR) is 57.9 cm³/mol. The van der Waals surface area contributed by atoms with Crippen LogP contribution in [0.25, 0.3) is 0 Å². The first-order chi connectivity index (χ1) is 7.02. The van der Waals surface area contributed by atoms with E-state index in [-0.39, 0.29) is 11.8 Å². The van der Waals surface area contributed by atoms with Crippen molar-refractivity contribution in [3.63, 3.8) is 0 Å². The summed E-state index contributed by atoms with van der Waals surface area (Å²) in [5.74, 6) is 0.441. The summed E-state index contributed by atoms with van der Waals surface area (Å²) in [6.45, 7) is 3.88. The quantitative estimate of drug-likeness (QED) is 0.470. The number of nitro groups is 1. The van der Waals surface area contributed by atoms with Gasteiger partial charge in [0.1, 0.15) is 5.75 Å². The molecule has 1 atom stereocenters. The Balaban J connectivity index is 2.93. The predicted octanol–water partition coefficient (Wildman–Crippen LogP) is 2.35. The van der Waals surface area contributed by atoms with Gasteiger partial charge in [-0.3, -0.25) is 10.1 Å². The van der Waals surface area contributed by atoms with Crippen LogP contribution in [0.1, 0.15) is 20.3 Å². The normalized spacial score (nSPS) is 12.1. The van der Waals surface area contributed by atoms with E-state index in [1.54, 1.807) is 6.07 Å². The highest BCUT2D eigenvalue weighted by Gasteiger charge is 2.10. The molecule has 82 valence electrons. The standard InChI is InChI=1S/C10H14N2O3/c1-3-7(2)15-10-5-8(11)4-9(6-10)12(13)14/h4-7H,3,11H2,1-2H3. The number of non-ortho nitro benzene ring substituents is 1. The zero-order chi connectivity index (χ0) is 11.4. The molecule has 0 amide bonds. The number of benzene rings is 1. The highest BCUT2D eigenvalue weighted by Crippen LogP contribution is 2.25. The molecule has 0 spiro atoms. The Morgan fingerprint density at radius 1 is 1.53 bits per heavy atom. The first kappa shape index (κ1) is 11.3. The second-order valence-electron chi connectivity index (χ2n) is 3.35. The zero-order valence-corrected chi connectivity index (χ0v) is 8.77. The summed E-state index contributed by atoms with van der Waals surface area (Å²) >= 11 is 0. The average molecular weight is 210 g/mol. The van der Waals surface area contributed by atoms with E-state index < -0.39 is 4.92 Å². The summed E-state index contributed by atoms with van der Waals surface area (Å²) in [6.07, 6.45) is 0.856. The number of ether oxygens (including phenoxy) is 1. The lowest BCUT2D eigenvalue weighted by Crippen LogP contribution is -2.10. The van der Waals surface area contributed by atoms with Crippen molar-refractivity contribution in [2.75, 3.05) is 5.73 Å². The zero-order valence-electron chi connectivity index (χ0n) is 8.77. The van der Waals surface area contributed by atoms with E-state index in [2.05, 4.69) is 0 Å². The van der Waals surface area contributed by atoms with Crippen LogP contribution >= 0.6 is 0 Å². The molecule has 5 heteroatoms. The van der Waals surface area contributed by atoms with Crippen molar-refractivity contribution in [2.45, 2.75) is 26.4 Å². The Labute approximate surface area is 88.0 Å². The van der Waals surface area contributed by atoms with Crippen LogP contribution in [-0.4, -0.2) is 11.0 Å². The van der Waals surface area contributed by atoms with Crippen molar-refractivity contribution in [1.29, 1.82) is 0 Å². The summed E-state index contributed by atoms with van der Waals surface area (Å²) in [7, 11) is 0. The summed E-state index contributed by atoms with van der Waals surface area (Å²) in [6, 6.07) is 4.27. The van der Waals surface area contributed by atoms with Crippen LogP contribution in [0.3, 0.4) is 0 Å². The molecule has 0 aromatic heterocycles. The first-order valence-electron chi connectivity index (χ1n) is 4.74. The van der Waals surface area contributed by atoms with Crippen LogP contribution in [0, 0.1) is 10.1 Å². The second kappa shape index (κ2) is 4.63.